The lowest BCUT2D eigenvalue weighted by atomic mass is 9.77. The first-order chi connectivity index (χ1) is 7.97. The van der Waals surface area contributed by atoms with Crippen LogP contribution in [0.5, 0.6) is 0 Å². The third-order valence-electron chi connectivity index (χ3n) is 3.26. The van der Waals surface area contributed by atoms with E-state index in [-0.39, 0.29) is 11.3 Å². The molecule has 0 radical (unpaired) electrons. The maximum Gasteiger partial charge on any atom is 0.256 e. The van der Waals surface area contributed by atoms with Gasteiger partial charge in [-0.05, 0) is 11.6 Å². The van der Waals surface area contributed by atoms with E-state index in [2.05, 4.69) is 20.4 Å². The number of anilines is 1. The second-order valence-corrected chi connectivity index (χ2v) is 5.13. The summed E-state index contributed by atoms with van der Waals surface area (Å²) in [5.41, 5.74) is 8.14. The Morgan fingerprint density at radius 2 is 2.24 bits per heavy atom. The van der Waals surface area contributed by atoms with E-state index in [0.29, 0.717) is 24.3 Å². The predicted molar refractivity (Wildman–Crippen MR) is 70.0 cm³/mol. The molecule has 1 aliphatic heterocycles. The van der Waals surface area contributed by atoms with Gasteiger partial charge in [0.15, 0.2) is 0 Å². The van der Waals surface area contributed by atoms with Gasteiger partial charge in [0.1, 0.15) is 0 Å². The van der Waals surface area contributed by atoms with Crippen molar-refractivity contribution in [3.05, 3.63) is 42.0 Å². The Kier molecular flexibility index (Phi) is 2.69. The van der Waals surface area contributed by atoms with Crippen LogP contribution in [0.15, 0.2) is 30.9 Å². The molecule has 0 fully saturated rings. The number of benzene rings is 1. The summed E-state index contributed by atoms with van der Waals surface area (Å²) in [6.45, 7) is 9.22. The van der Waals surface area contributed by atoms with Crippen LogP contribution < -0.4 is 5.73 Å². The number of carbonyl (C=O) groups is 1. The van der Waals surface area contributed by atoms with Gasteiger partial charge in [0.2, 0.25) is 0 Å². The van der Waals surface area contributed by atoms with Gasteiger partial charge in [0.05, 0.1) is 5.56 Å². The maximum atomic E-state index is 12.3. The smallest absolute Gasteiger partial charge is 0.256 e. The first-order valence-corrected chi connectivity index (χ1v) is 5.76. The summed E-state index contributed by atoms with van der Waals surface area (Å²) >= 11 is 0. The first-order valence-electron chi connectivity index (χ1n) is 5.76. The summed E-state index contributed by atoms with van der Waals surface area (Å²) in [5, 5.41) is 0. The molecule has 1 aromatic rings. The molecule has 0 aliphatic carbocycles. The lowest BCUT2D eigenvalue weighted by Gasteiger charge is -2.39. The van der Waals surface area contributed by atoms with Crippen molar-refractivity contribution in [3.63, 3.8) is 0 Å². The fourth-order valence-corrected chi connectivity index (χ4v) is 2.47. The monoisotopic (exact) mass is 230 g/mol. The van der Waals surface area contributed by atoms with Crippen LogP contribution in [0.2, 0.25) is 0 Å². The molecule has 1 aliphatic rings. The van der Waals surface area contributed by atoms with Crippen LogP contribution >= 0.6 is 0 Å². The number of fused-ring (bicyclic) bond motifs is 1. The third-order valence-corrected chi connectivity index (χ3v) is 3.26. The van der Waals surface area contributed by atoms with Crippen molar-refractivity contribution in [2.45, 2.75) is 19.3 Å². The van der Waals surface area contributed by atoms with Gasteiger partial charge < -0.3 is 10.6 Å². The summed E-state index contributed by atoms with van der Waals surface area (Å²) < 4.78 is 0. The Labute approximate surface area is 102 Å². The van der Waals surface area contributed by atoms with E-state index in [1.165, 1.54) is 0 Å². The van der Waals surface area contributed by atoms with Gasteiger partial charge in [-0.1, -0.05) is 32.1 Å². The Morgan fingerprint density at radius 1 is 1.53 bits per heavy atom. The third kappa shape index (κ3) is 1.82. The largest absolute Gasteiger partial charge is 0.398 e. The van der Waals surface area contributed by atoms with Crippen LogP contribution in [0.1, 0.15) is 29.8 Å². The first kappa shape index (κ1) is 11.7. The number of rotatable bonds is 2. The van der Waals surface area contributed by atoms with Crippen LogP contribution in [0.25, 0.3) is 0 Å². The van der Waals surface area contributed by atoms with Crippen LogP contribution in [0.4, 0.5) is 5.69 Å². The highest BCUT2D eigenvalue weighted by Gasteiger charge is 2.36. The molecule has 0 aromatic heterocycles. The fourth-order valence-electron chi connectivity index (χ4n) is 2.47. The highest BCUT2D eigenvalue weighted by molar-refractivity contribution is 6.02. The standard InChI is InChI=1S/C14H18N2O/c1-4-8-16-9-14(2,3)10-6-5-7-11(15)12(10)13(16)17/h4-7H,1,8-9,15H2,2-3H3. The second-order valence-electron chi connectivity index (χ2n) is 5.13. The minimum Gasteiger partial charge on any atom is -0.398 e. The molecule has 0 bridgehead atoms. The highest BCUT2D eigenvalue weighted by Crippen LogP contribution is 2.35. The maximum absolute atomic E-state index is 12.3. The average molecular weight is 230 g/mol. The topological polar surface area (TPSA) is 46.3 Å². The molecule has 17 heavy (non-hydrogen) atoms. The molecule has 1 amide bonds. The van der Waals surface area contributed by atoms with E-state index in [1.54, 1.807) is 17.0 Å². The molecule has 0 atom stereocenters. The summed E-state index contributed by atoms with van der Waals surface area (Å²) in [6.07, 6.45) is 1.75. The van der Waals surface area contributed by atoms with Gasteiger partial charge in [-0.3, -0.25) is 4.79 Å². The van der Waals surface area contributed by atoms with Crippen molar-refractivity contribution in [2.24, 2.45) is 0 Å². The Balaban J connectivity index is 2.57. The van der Waals surface area contributed by atoms with Crippen molar-refractivity contribution < 1.29 is 4.79 Å². The molecule has 2 N–H and O–H groups in total. The SMILES string of the molecule is C=CCN1CC(C)(C)c2cccc(N)c2C1=O. The van der Waals surface area contributed by atoms with Gasteiger partial charge >= 0.3 is 0 Å². The number of amides is 1. The number of nitrogens with zero attached hydrogens (tertiary/aromatic N) is 1. The normalized spacial score (nSPS) is 17.8. The van der Waals surface area contributed by atoms with Crippen molar-refractivity contribution in [2.75, 3.05) is 18.8 Å². The molecular formula is C14H18N2O. The lowest BCUT2D eigenvalue weighted by Crippen LogP contribution is -2.47. The zero-order valence-corrected chi connectivity index (χ0v) is 10.4. The van der Waals surface area contributed by atoms with E-state index in [4.69, 9.17) is 5.73 Å². The van der Waals surface area contributed by atoms with E-state index < -0.39 is 0 Å². The van der Waals surface area contributed by atoms with Crippen LogP contribution in [0.3, 0.4) is 0 Å². The predicted octanol–water partition coefficient (Wildman–Crippen LogP) is 2.19. The molecular weight excluding hydrogens is 212 g/mol. The minimum atomic E-state index is -0.0678. The molecule has 2 rings (SSSR count). The molecule has 3 heteroatoms. The van der Waals surface area contributed by atoms with Crippen molar-refractivity contribution in [1.29, 1.82) is 0 Å². The number of carbonyl (C=O) groups excluding carboxylic acids is 1. The Bertz CT molecular complexity index is 477. The molecule has 0 saturated heterocycles. The molecule has 1 aromatic carbocycles. The summed E-state index contributed by atoms with van der Waals surface area (Å²) in [7, 11) is 0. The summed E-state index contributed by atoms with van der Waals surface area (Å²) in [5.74, 6) is 0.0114. The number of nitrogens with two attached hydrogens (primary N) is 1. The molecule has 0 unspecified atom stereocenters. The molecule has 0 saturated carbocycles. The van der Waals surface area contributed by atoms with Crippen molar-refractivity contribution in [1.82, 2.24) is 4.90 Å². The van der Waals surface area contributed by atoms with Crippen molar-refractivity contribution >= 4 is 11.6 Å². The lowest BCUT2D eigenvalue weighted by molar-refractivity contribution is 0.0712. The molecule has 0 spiro atoms. The van der Waals surface area contributed by atoms with Gasteiger partial charge in [0, 0.05) is 24.2 Å². The minimum absolute atomic E-state index is 0.0114. The van der Waals surface area contributed by atoms with Gasteiger partial charge in [0.25, 0.3) is 5.91 Å². The summed E-state index contributed by atoms with van der Waals surface area (Å²) in [4.78, 5) is 14.1. The van der Waals surface area contributed by atoms with Gasteiger partial charge in [-0.25, -0.2) is 0 Å². The fraction of sp³-hybridized carbons (Fsp3) is 0.357. The van der Waals surface area contributed by atoms with Gasteiger partial charge in [-0.2, -0.15) is 0 Å². The molecule has 90 valence electrons. The second kappa shape index (κ2) is 3.91. The number of nitrogen functional groups attached to an aromatic ring is 1. The average Bonchev–Trinajstić information content (AvgIpc) is 2.25. The zero-order valence-electron chi connectivity index (χ0n) is 10.4. The summed E-state index contributed by atoms with van der Waals surface area (Å²) in [6, 6.07) is 5.69. The Morgan fingerprint density at radius 3 is 2.88 bits per heavy atom. The van der Waals surface area contributed by atoms with E-state index in [9.17, 15) is 4.79 Å². The van der Waals surface area contributed by atoms with Crippen LogP contribution in [0, 0.1) is 0 Å². The van der Waals surface area contributed by atoms with E-state index in [0.717, 1.165) is 5.56 Å². The van der Waals surface area contributed by atoms with E-state index >= 15 is 0 Å². The van der Waals surface area contributed by atoms with Crippen LogP contribution in [-0.4, -0.2) is 23.9 Å². The van der Waals surface area contributed by atoms with Gasteiger partial charge in [-0.15, -0.1) is 6.58 Å². The number of hydrogen-bond donors (Lipinski definition) is 1. The quantitative estimate of drug-likeness (QED) is 0.625. The van der Waals surface area contributed by atoms with Crippen molar-refractivity contribution in [3.8, 4) is 0 Å². The number of hydrogen-bond acceptors (Lipinski definition) is 2. The Hall–Kier alpha value is -1.77. The van der Waals surface area contributed by atoms with Crippen LogP contribution in [-0.2, 0) is 5.41 Å². The molecule has 3 nitrogen and oxygen atoms in total. The zero-order chi connectivity index (χ0) is 12.6. The molecule has 1 heterocycles. The van der Waals surface area contributed by atoms with E-state index in [1.807, 2.05) is 12.1 Å². The highest BCUT2D eigenvalue weighted by atomic mass is 16.2.